The third-order valence-corrected chi connectivity index (χ3v) is 6.39. The maximum atomic E-state index is 12.5. The summed E-state index contributed by atoms with van der Waals surface area (Å²) in [6.07, 6.45) is 2.06. The molecule has 4 amide bonds. The van der Waals surface area contributed by atoms with Gasteiger partial charge in [-0.1, -0.05) is 12.1 Å². The van der Waals surface area contributed by atoms with E-state index in [-0.39, 0.29) is 48.5 Å². The maximum Gasteiger partial charge on any atom is 0.261 e. The summed E-state index contributed by atoms with van der Waals surface area (Å²) in [4.78, 5) is 52.5. The summed E-state index contributed by atoms with van der Waals surface area (Å²) in [6, 6.07) is 6.79. The van der Waals surface area contributed by atoms with Crippen molar-refractivity contribution in [3.8, 4) is 0 Å². The molecule has 30 heavy (non-hydrogen) atoms. The summed E-state index contributed by atoms with van der Waals surface area (Å²) in [5.74, 6) is -0.378. The predicted molar refractivity (Wildman–Crippen MR) is 113 cm³/mol. The number of imide groups is 1. The van der Waals surface area contributed by atoms with E-state index in [4.69, 9.17) is 11.6 Å². The average molecular weight is 434 g/mol. The predicted octanol–water partition coefficient (Wildman–Crippen LogP) is 2.43. The summed E-state index contributed by atoms with van der Waals surface area (Å²) in [5.41, 5.74) is 0.262. The Morgan fingerprint density at radius 1 is 1.10 bits per heavy atom. The summed E-state index contributed by atoms with van der Waals surface area (Å²) < 4.78 is 0. The van der Waals surface area contributed by atoms with E-state index in [0.717, 1.165) is 0 Å². The topological polar surface area (TPSA) is 86.8 Å². The molecule has 0 aromatic heterocycles. The van der Waals surface area contributed by atoms with Gasteiger partial charge in [-0.2, -0.15) is 0 Å². The molecule has 7 nitrogen and oxygen atoms in total. The number of hydrogen-bond acceptors (Lipinski definition) is 4. The number of piperidine rings is 1. The average Bonchev–Trinajstić information content (AvgIpc) is 2.99. The van der Waals surface area contributed by atoms with E-state index in [2.05, 4.69) is 5.32 Å². The molecule has 162 valence electrons. The Morgan fingerprint density at radius 2 is 1.67 bits per heavy atom. The maximum absolute atomic E-state index is 12.5. The molecule has 0 bridgehead atoms. The molecule has 0 aliphatic carbocycles. The van der Waals surface area contributed by atoms with Crippen LogP contribution in [0.25, 0.3) is 0 Å². The summed E-state index contributed by atoms with van der Waals surface area (Å²) in [5, 5.41) is 3.00. The number of carbonyl (C=O) groups excluding carboxylic acids is 4. The van der Waals surface area contributed by atoms with E-state index >= 15 is 0 Å². The Balaban J connectivity index is 1.40. The first-order valence-electron chi connectivity index (χ1n) is 10.3. The molecule has 0 radical (unpaired) electrons. The molecular formula is C22H28ClN3O4. The number of nitrogens with zero attached hydrogens (tertiary/aromatic N) is 2. The molecule has 1 fully saturated rings. The molecule has 1 aromatic carbocycles. The standard InChI is InChI=1S/C22H28ClN3O4/c1-22(2,14-23)21(30)25-12-9-15(10-13-25)24-18(27)8-5-11-26-19(28)16-6-3-4-7-17(16)20(26)29/h3-4,6-7,15H,5,8-14H2,1-2H3,(H,24,27). The Labute approximate surface area is 181 Å². The molecule has 1 saturated heterocycles. The number of fused-ring (bicyclic) bond motifs is 1. The van der Waals surface area contributed by atoms with Gasteiger partial charge in [-0.3, -0.25) is 24.1 Å². The quantitative estimate of drug-likeness (QED) is 0.528. The molecule has 0 spiro atoms. The van der Waals surface area contributed by atoms with Crippen molar-refractivity contribution in [3.63, 3.8) is 0 Å². The molecule has 1 N–H and O–H groups in total. The van der Waals surface area contributed by atoms with Crippen molar-refractivity contribution in [1.29, 1.82) is 0 Å². The molecule has 2 heterocycles. The molecule has 2 aliphatic heterocycles. The minimum absolute atomic E-state index is 0.0277. The van der Waals surface area contributed by atoms with Crippen molar-refractivity contribution in [2.45, 2.75) is 45.6 Å². The number of nitrogens with one attached hydrogen (secondary N) is 1. The van der Waals surface area contributed by atoms with Crippen LogP contribution < -0.4 is 5.32 Å². The molecule has 0 saturated carbocycles. The number of alkyl halides is 1. The van der Waals surface area contributed by atoms with Crippen LogP contribution in [0.3, 0.4) is 0 Å². The Bertz CT molecular complexity index is 812. The Kier molecular flexibility index (Phi) is 6.81. The van der Waals surface area contributed by atoms with Crippen LogP contribution in [0.1, 0.15) is 60.2 Å². The van der Waals surface area contributed by atoms with E-state index < -0.39 is 5.41 Å². The highest BCUT2D eigenvalue weighted by Crippen LogP contribution is 2.24. The van der Waals surface area contributed by atoms with E-state index in [1.165, 1.54) is 4.90 Å². The van der Waals surface area contributed by atoms with Gasteiger partial charge in [-0.05, 0) is 45.2 Å². The third kappa shape index (κ3) is 4.67. The number of carbonyl (C=O) groups is 4. The zero-order valence-corrected chi connectivity index (χ0v) is 18.2. The van der Waals surface area contributed by atoms with E-state index in [0.29, 0.717) is 43.5 Å². The first-order valence-corrected chi connectivity index (χ1v) is 10.9. The van der Waals surface area contributed by atoms with Crippen molar-refractivity contribution in [3.05, 3.63) is 35.4 Å². The summed E-state index contributed by atoms with van der Waals surface area (Å²) >= 11 is 5.89. The van der Waals surface area contributed by atoms with E-state index in [9.17, 15) is 19.2 Å². The van der Waals surface area contributed by atoms with Gasteiger partial charge in [0.05, 0.1) is 16.5 Å². The molecule has 2 aliphatic rings. The van der Waals surface area contributed by atoms with Gasteiger partial charge in [0, 0.05) is 38.0 Å². The van der Waals surface area contributed by atoms with Gasteiger partial charge in [-0.15, -0.1) is 11.6 Å². The lowest BCUT2D eigenvalue weighted by Gasteiger charge is -2.36. The second-order valence-corrected chi connectivity index (χ2v) is 8.83. The van der Waals surface area contributed by atoms with Crippen LogP contribution in [-0.2, 0) is 9.59 Å². The Hall–Kier alpha value is -2.41. The van der Waals surface area contributed by atoms with Gasteiger partial charge >= 0.3 is 0 Å². The summed E-state index contributed by atoms with van der Waals surface area (Å²) in [7, 11) is 0. The lowest BCUT2D eigenvalue weighted by atomic mass is 9.92. The van der Waals surface area contributed by atoms with Gasteiger partial charge in [0.1, 0.15) is 0 Å². The van der Waals surface area contributed by atoms with Gasteiger partial charge in [0.15, 0.2) is 0 Å². The van der Waals surface area contributed by atoms with Crippen molar-refractivity contribution in [2.75, 3.05) is 25.5 Å². The zero-order chi connectivity index (χ0) is 21.9. The number of likely N-dealkylation sites (tertiary alicyclic amines) is 1. The molecule has 1 aromatic rings. The highest BCUT2D eigenvalue weighted by Gasteiger charge is 2.35. The first kappa shape index (κ1) is 22.3. The fourth-order valence-corrected chi connectivity index (χ4v) is 3.97. The van der Waals surface area contributed by atoms with Crippen molar-refractivity contribution < 1.29 is 19.2 Å². The molecule has 0 unspecified atom stereocenters. The van der Waals surface area contributed by atoms with Crippen LogP contribution in [0.5, 0.6) is 0 Å². The van der Waals surface area contributed by atoms with Gasteiger partial charge in [0.2, 0.25) is 11.8 Å². The fourth-order valence-electron chi connectivity index (χ4n) is 3.85. The number of rotatable bonds is 7. The normalized spacial score (nSPS) is 17.3. The van der Waals surface area contributed by atoms with Crippen LogP contribution in [-0.4, -0.2) is 65.0 Å². The minimum Gasteiger partial charge on any atom is -0.353 e. The van der Waals surface area contributed by atoms with Crippen LogP contribution in [0, 0.1) is 5.41 Å². The SMILES string of the molecule is CC(C)(CCl)C(=O)N1CCC(NC(=O)CCCN2C(=O)c3ccccc3C2=O)CC1. The van der Waals surface area contributed by atoms with Crippen LogP contribution in [0.15, 0.2) is 24.3 Å². The Morgan fingerprint density at radius 3 is 2.20 bits per heavy atom. The first-order chi connectivity index (χ1) is 14.2. The highest BCUT2D eigenvalue weighted by molar-refractivity contribution is 6.21. The largest absolute Gasteiger partial charge is 0.353 e. The van der Waals surface area contributed by atoms with Gasteiger partial charge in [0.25, 0.3) is 11.8 Å². The lowest BCUT2D eigenvalue weighted by Crippen LogP contribution is -2.50. The second kappa shape index (κ2) is 9.16. The van der Waals surface area contributed by atoms with E-state index in [1.54, 1.807) is 24.3 Å². The summed E-state index contributed by atoms with van der Waals surface area (Å²) in [6.45, 7) is 5.09. The second-order valence-electron chi connectivity index (χ2n) is 8.56. The number of benzene rings is 1. The van der Waals surface area contributed by atoms with Crippen LogP contribution >= 0.6 is 11.6 Å². The van der Waals surface area contributed by atoms with Crippen molar-refractivity contribution >= 4 is 35.2 Å². The van der Waals surface area contributed by atoms with Gasteiger partial charge in [-0.25, -0.2) is 0 Å². The molecule has 0 atom stereocenters. The van der Waals surface area contributed by atoms with Crippen molar-refractivity contribution in [2.24, 2.45) is 5.41 Å². The monoisotopic (exact) mass is 433 g/mol. The van der Waals surface area contributed by atoms with Crippen LogP contribution in [0.2, 0.25) is 0 Å². The van der Waals surface area contributed by atoms with E-state index in [1.807, 2.05) is 18.7 Å². The fraction of sp³-hybridized carbons (Fsp3) is 0.545. The number of amides is 4. The molecular weight excluding hydrogens is 406 g/mol. The minimum atomic E-state index is -0.582. The number of halogens is 1. The third-order valence-electron chi connectivity index (χ3n) is 5.72. The molecule has 3 rings (SSSR count). The van der Waals surface area contributed by atoms with Gasteiger partial charge < -0.3 is 10.2 Å². The smallest absolute Gasteiger partial charge is 0.261 e. The lowest BCUT2D eigenvalue weighted by molar-refractivity contribution is -0.140. The van der Waals surface area contributed by atoms with Crippen LogP contribution in [0.4, 0.5) is 0 Å². The number of hydrogen-bond donors (Lipinski definition) is 1. The van der Waals surface area contributed by atoms with Crippen molar-refractivity contribution in [1.82, 2.24) is 15.1 Å². The highest BCUT2D eigenvalue weighted by atomic mass is 35.5. The zero-order valence-electron chi connectivity index (χ0n) is 17.4. The molecule has 8 heteroatoms.